The van der Waals surface area contributed by atoms with Crippen molar-refractivity contribution in [2.45, 2.75) is 51.0 Å². The molecule has 1 aromatic heterocycles. The van der Waals surface area contributed by atoms with Crippen LogP contribution in [0, 0.1) is 0 Å². The lowest BCUT2D eigenvalue weighted by Gasteiger charge is -2.32. The monoisotopic (exact) mass is 527 g/mol. The van der Waals surface area contributed by atoms with Gasteiger partial charge in [0.2, 0.25) is 0 Å². The maximum atomic E-state index is 13.7. The molecule has 9 nitrogen and oxygen atoms in total. The number of nitrogens with one attached hydrogen (secondary N) is 3. The van der Waals surface area contributed by atoms with Gasteiger partial charge in [-0.1, -0.05) is 66.7 Å². The molecule has 0 bridgehead atoms. The maximum Gasteiger partial charge on any atom is 0.494 e. The number of urea groups is 1. The molecule has 3 heterocycles. The molecular weight excluding hydrogens is 493 g/mol. The van der Waals surface area contributed by atoms with E-state index < -0.39 is 30.4 Å². The summed E-state index contributed by atoms with van der Waals surface area (Å²) in [6.45, 7) is 8.56. The van der Waals surface area contributed by atoms with Gasteiger partial charge < -0.3 is 29.8 Å². The van der Waals surface area contributed by atoms with Crippen molar-refractivity contribution in [1.29, 1.82) is 0 Å². The summed E-state index contributed by atoms with van der Waals surface area (Å²) in [6.07, 6.45) is 5.72. The molecule has 10 heteroatoms. The van der Waals surface area contributed by atoms with Crippen LogP contribution in [0.5, 0.6) is 0 Å². The van der Waals surface area contributed by atoms with Gasteiger partial charge in [0.25, 0.3) is 5.91 Å². The molecule has 2 aliphatic rings. The molecule has 0 radical (unpaired) electrons. The molecule has 3 aromatic rings. The number of hydrogen-bond acceptors (Lipinski definition) is 5. The summed E-state index contributed by atoms with van der Waals surface area (Å²) >= 11 is 0. The first-order chi connectivity index (χ1) is 18.6. The zero-order chi connectivity index (χ0) is 27.8. The van der Waals surface area contributed by atoms with E-state index in [9.17, 15) is 9.59 Å². The van der Waals surface area contributed by atoms with Gasteiger partial charge in [0.05, 0.1) is 16.9 Å². The summed E-state index contributed by atoms with van der Waals surface area (Å²) in [4.78, 5) is 35.6. The second kappa shape index (κ2) is 10.4. The molecule has 0 spiro atoms. The molecule has 2 atom stereocenters. The molecule has 5 rings (SSSR count). The van der Waals surface area contributed by atoms with Gasteiger partial charge in [-0.05, 0) is 38.7 Å². The molecule has 1 unspecified atom stereocenters. The number of rotatable bonds is 6. The van der Waals surface area contributed by atoms with E-state index in [1.807, 2.05) is 101 Å². The zero-order valence-electron chi connectivity index (χ0n) is 22.9. The summed E-state index contributed by atoms with van der Waals surface area (Å²) in [7, 11) is 1.09. The molecule has 2 aliphatic heterocycles. The van der Waals surface area contributed by atoms with Gasteiger partial charge in [0.1, 0.15) is 17.9 Å². The maximum absolute atomic E-state index is 13.7. The smallest absolute Gasteiger partial charge is 0.399 e. The van der Waals surface area contributed by atoms with Crippen LogP contribution >= 0.6 is 0 Å². The van der Waals surface area contributed by atoms with Crippen molar-refractivity contribution in [3.05, 3.63) is 84.3 Å². The number of hydrogen-bond donors (Lipinski definition) is 3. The number of carbonyl (C=O) groups is 2. The van der Waals surface area contributed by atoms with Crippen LogP contribution in [0.3, 0.4) is 0 Å². The highest BCUT2D eigenvalue weighted by Crippen LogP contribution is 2.36. The van der Waals surface area contributed by atoms with E-state index in [0.29, 0.717) is 17.9 Å². The number of carbonyl (C=O) groups excluding carboxylic acids is 2. The van der Waals surface area contributed by atoms with Crippen LogP contribution in [0.2, 0.25) is 0 Å². The summed E-state index contributed by atoms with van der Waals surface area (Å²) < 4.78 is 12.3. The molecule has 2 aromatic carbocycles. The van der Waals surface area contributed by atoms with Crippen LogP contribution in [0.15, 0.2) is 72.9 Å². The highest BCUT2D eigenvalue weighted by molar-refractivity contribution is 6.62. The minimum absolute atomic E-state index is 0.218. The van der Waals surface area contributed by atoms with Crippen molar-refractivity contribution in [1.82, 2.24) is 25.5 Å². The quantitative estimate of drug-likeness (QED) is 0.336. The number of aromatic amines is 1. The second-order valence-electron chi connectivity index (χ2n) is 10.8. The van der Waals surface area contributed by atoms with Crippen molar-refractivity contribution >= 4 is 24.5 Å². The van der Waals surface area contributed by atoms with Gasteiger partial charge in [-0.3, -0.25) is 4.79 Å². The van der Waals surface area contributed by atoms with Crippen LogP contribution in [0.4, 0.5) is 4.79 Å². The summed E-state index contributed by atoms with van der Waals surface area (Å²) in [5.41, 5.74) is 2.54. The molecule has 3 amide bonds. The minimum atomic E-state index is -0.828. The number of imidazole rings is 1. The Labute approximate surface area is 229 Å². The molecule has 202 valence electrons. The number of nitrogens with zero attached hydrogens (tertiary/aromatic N) is 2. The van der Waals surface area contributed by atoms with Crippen molar-refractivity contribution in [2.24, 2.45) is 0 Å². The Morgan fingerprint density at radius 2 is 1.72 bits per heavy atom. The number of H-pyrrole nitrogens is 1. The molecule has 39 heavy (non-hydrogen) atoms. The minimum Gasteiger partial charge on any atom is -0.399 e. The average Bonchev–Trinajstić information content (AvgIpc) is 3.65. The lowest BCUT2D eigenvalue weighted by Crippen LogP contribution is -2.45. The first-order valence-electron chi connectivity index (χ1n) is 13.1. The van der Waals surface area contributed by atoms with Crippen LogP contribution in [0.25, 0.3) is 11.3 Å². The van der Waals surface area contributed by atoms with Gasteiger partial charge in [-0.15, -0.1) is 0 Å². The number of benzene rings is 2. The van der Waals surface area contributed by atoms with Crippen LogP contribution in [-0.2, 0) is 14.1 Å². The molecule has 3 N–H and O–H groups in total. The first kappa shape index (κ1) is 26.7. The molecule has 0 aliphatic carbocycles. The summed E-state index contributed by atoms with van der Waals surface area (Å²) in [5.74, 6) is 0.429. The predicted molar refractivity (Wildman–Crippen MR) is 150 cm³/mol. The highest BCUT2D eigenvalue weighted by Gasteiger charge is 2.51. The fourth-order valence-electron chi connectivity index (χ4n) is 4.71. The Kier molecular flexibility index (Phi) is 7.09. The van der Waals surface area contributed by atoms with Crippen molar-refractivity contribution < 1.29 is 18.9 Å². The van der Waals surface area contributed by atoms with E-state index in [1.165, 1.54) is 7.05 Å². The van der Waals surface area contributed by atoms with Gasteiger partial charge in [0.15, 0.2) is 0 Å². The molecule has 0 saturated carbocycles. The first-order valence-corrected chi connectivity index (χ1v) is 13.1. The van der Waals surface area contributed by atoms with Crippen LogP contribution < -0.4 is 16.1 Å². The van der Waals surface area contributed by atoms with Gasteiger partial charge in [0, 0.05) is 25.4 Å². The topological polar surface area (TPSA) is 109 Å². The van der Waals surface area contributed by atoms with Crippen molar-refractivity contribution in [2.75, 3.05) is 13.6 Å². The third-order valence-electron chi connectivity index (χ3n) is 7.73. The molecule has 1 saturated heterocycles. The average molecular weight is 527 g/mol. The van der Waals surface area contributed by atoms with Crippen molar-refractivity contribution in [3.63, 3.8) is 0 Å². The number of aromatic nitrogens is 2. The Bertz CT molecular complexity index is 1350. The predicted octanol–water partition coefficient (Wildman–Crippen LogP) is 3.49. The van der Waals surface area contributed by atoms with Crippen LogP contribution in [-0.4, -0.2) is 58.7 Å². The van der Waals surface area contributed by atoms with Crippen molar-refractivity contribution in [3.8, 4) is 11.3 Å². The Balaban J connectivity index is 1.33. The van der Waals surface area contributed by atoms with E-state index in [0.717, 1.165) is 16.7 Å². The summed E-state index contributed by atoms with van der Waals surface area (Å²) in [5, 5.41) is 5.32. The van der Waals surface area contributed by atoms with E-state index in [1.54, 1.807) is 4.90 Å². The Hall–Kier alpha value is -3.89. The van der Waals surface area contributed by atoms with Crippen LogP contribution in [0.1, 0.15) is 51.2 Å². The highest BCUT2D eigenvalue weighted by atomic mass is 16.7. The Morgan fingerprint density at radius 1 is 1.05 bits per heavy atom. The molecule has 1 fully saturated rings. The Morgan fingerprint density at radius 3 is 2.36 bits per heavy atom. The second-order valence-corrected chi connectivity index (χ2v) is 10.8. The standard InChI is InChI=1S/C29H34BN5O4/c1-28(2)29(3,4)39-30(38-28)21-15-13-19(14-16-21)22-18-32-25(33-22)23-12-9-17-35(23)26(36)24(34-27(37)31-5)20-10-7-6-8-11-20/h6-16,18,23-24H,17H2,1-5H3,(H,32,33)(H2,31,34,37)/t23-,24?/m0/s1. The number of amides is 3. The zero-order valence-corrected chi connectivity index (χ0v) is 22.9. The largest absolute Gasteiger partial charge is 0.494 e. The SMILES string of the molecule is CNC(=O)NC(C(=O)N1CC=C[C@H]1c1nc(-c2ccc(B3OC(C)(C)C(C)(C)O3)cc2)c[nH]1)c1ccccc1. The van der Waals surface area contributed by atoms with Gasteiger partial charge in [-0.25, -0.2) is 9.78 Å². The van der Waals surface area contributed by atoms with E-state index >= 15 is 0 Å². The van der Waals surface area contributed by atoms with Gasteiger partial charge >= 0.3 is 13.1 Å². The van der Waals surface area contributed by atoms with E-state index in [2.05, 4.69) is 15.6 Å². The van der Waals surface area contributed by atoms with Gasteiger partial charge in [-0.2, -0.15) is 0 Å². The molecular formula is C29H34BN5O4. The lowest BCUT2D eigenvalue weighted by molar-refractivity contribution is -0.134. The van der Waals surface area contributed by atoms with E-state index in [-0.39, 0.29) is 11.9 Å². The van der Waals surface area contributed by atoms with E-state index in [4.69, 9.17) is 14.3 Å². The fourth-order valence-corrected chi connectivity index (χ4v) is 4.71. The normalized spacial score (nSPS) is 20.2. The lowest BCUT2D eigenvalue weighted by atomic mass is 9.79. The third-order valence-corrected chi connectivity index (χ3v) is 7.73. The fraction of sp³-hybridized carbons (Fsp3) is 0.345. The third kappa shape index (κ3) is 5.22. The summed E-state index contributed by atoms with van der Waals surface area (Å²) in [6, 6.07) is 15.6.